The highest BCUT2D eigenvalue weighted by Gasteiger charge is 2.21. The van der Waals surface area contributed by atoms with Crippen molar-refractivity contribution in [2.24, 2.45) is 5.18 Å². The average Bonchev–Trinajstić information content (AvgIpc) is 3.08. The summed E-state index contributed by atoms with van der Waals surface area (Å²) >= 11 is 0. The van der Waals surface area contributed by atoms with E-state index in [0.29, 0.717) is 16.5 Å². The van der Waals surface area contributed by atoms with Crippen LogP contribution < -0.4 is 10.9 Å². The van der Waals surface area contributed by atoms with Crippen LogP contribution in [-0.4, -0.2) is 21.4 Å². The van der Waals surface area contributed by atoms with Gasteiger partial charge >= 0.3 is 5.91 Å². The number of carbonyl (C=O) groups excluding carboxylic acids is 2. The molecule has 8 heteroatoms. The third kappa shape index (κ3) is 4.39. The fraction of sp³-hybridized carbons (Fsp3) is 0.375. The molecule has 1 aromatic carbocycles. The molecule has 0 unspecified atom stereocenters. The number of nitroso groups, excluding NO2 is 1. The Bertz CT molecular complexity index is 1270. The van der Waals surface area contributed by atoms with E-state index in [1.165, 1.54) is 6.07 Å². The number of benzene rings is 1. The molecule has 2 aromatic heterocycles. The van der Waals surface area contributed by atoms with Crippen molar-refractivity contribution < 1.29 is 9.59 Å². The first kappa shape index (κ1) is 23.1. The topological polar surface area (TPSA) is 113 Å². The van der Waals surface area contributed by atoms with E-state index < -0.39 is 11.8 Å². The molecule has 0 aliphatic carbocycles. The minimum Gasteiger partial charge on any atom is -0.348 e. The first-order valence-electron chi connectivity index (χ1n) is 10.7. The van der Waals surface area contributed by atoms with Crippen LogP contribution in [0.4, 0.5) is 0 Å². The van der Waals surface area contributed by atoms with E-state index >= 15 is 0 Å². The molecule has 0 atom stereocenters. The van der Waals surface area contributed by atoms with Crippen molar-refractivity contribution >= 4 is 22.7 Å². The summed E-state index contributed by atoms with van der Waals surface area (Å²) in [5.74, 6) is -1.36. The van der Waals surface area contributed by atoms with Gasteiger partial charge in [-0.2, -0.15) is 0 Å². The van der Waals surface area contributed by atoms with Crippen molar-refractivity contribution in [3.05, 3.63) is 73.2 Å². The highest BCUT2D eigenvalue weighted by molar-refractivity contribution is 6.11. The van der Waals surface area contributed by atoms with Gasteiger partial charge in [0.05, 0.1) is 5.52 Å². The third-order valence-corrected chi connectivity index (χ3v) is 5.56. The number of amides is 2. The van der Waals surface area contributed by atoms with Gasteiger partial charge in [0.2, 0.25) is 0 Å². The summed E-state index contributed by atoms with van der Waals surface area (Å²) in [5.41, 5.74) is 3.83. The van der Waals surface area contributed by atoms with Crippen LogP contribution in [0.1, 0.15) is 76.3 Å². The fourth-order valence-corrected chi connectivity index (χ4v) is 4.11. The number of aromatic nitrogens is 2. The first-order valence-corrected chi connectivity index (χ1v) is 10.7. The molecule has 2 amide bonds. The fourth-order valence-electron chi connectivity index (χ4n) is 4.11. The predicted molar refractivity (Wildman–Crippen MR) is 124 cm³/mol. The molecule has 0 spiro atoms. The van der Waals surface area contributed by atoms with E-state index in [2.05, 4.69) is 15.5 Å². The summed E-state index contributed by atoms with van der Waals surface area (Å²) in [4.78, 5) is 51.4. The summed E-state index contributed by atoms with van der Waals surface area (Å²) in [5, 5.41) is 6.04. The number of aryl methyl sites for hydroxylation is 3. The molecule has 0 saturated carbocycles. The molecule has 168 valence electrons. The molecule has 0 aliphatic rings. The highest BCUT2D eigenvalue weighted by Crippen LogP contribution is 2.29. The average molecular weight is 437 g/mol. The number of hydrogen-bond donors (Lipinski definition) is 2. The molecule has 0 saturated heterocycles. The Hall–Kier alpha value is -3.55. The number of pyridine rings is 1. The standard InChI is InChI=1S/C24H28N4O4/c1-6-7-16-8-15(5)26-24(31)19(16)11-25-23(30)18-9-17(22(29)27-32)10-20-21(18)14(4)12-28(20)13(2)3/h8-10,12-13H,6-7,11H2,1-5H3,(H,25,30)(H,26,31). The molecule has 3 aromatic rings. The second kappa shape index (κ2) is 9.30. The van der Waals surface area contributed by atoms with E-state index in [9.17, 15) is 19.3 Å². The van der Waals surface area contributed by atoms with E-state index in [0.717, 1.165) is 29.7 Å². The van der Waals surface area contributed by atoms with Gasteiger partial charge in [0.15, 0.2) is 0 Å². The van der Waals surface area contributed by atoms with Crippen molar-refractivity contribution in [2.45, 2.75) is 60.0 Å². The van der Waals surface area contributed by atoms with Crippen LogP contribution in [0.15, 0.2) is 34.4 Å². The normalized spacial score (nSPS) is 11.2. The second-order valence-electron chi connectivity index (χ2n) is 8.35. The number of hydrogen-bond acceptors (Lipinski definition) is 4. The van der Waals surface area contributed by atoms with Gasteiger partial charge < -0.3 is 14.9 Å². The first-order chi connectivity index (χ1) is 15.2. The van der Waals surface area contributed by atoms with Gasteiger partial charge in [-0.1, -0.05) is 13.3 Å². The highest BCUT2D eigenvalue weighted by atomic mass is 16.3. The van der Waals surface area contributed by atoms with Gasteiger partial charge in [-0.05, 0) is 63.4 Å². The molecule has 32 heavy (non-hydrogen) atoms. The van der Waals surface area contributed by atoms with Crippen molar-refractivity contribution in [1.82, 2.24) is 14.9 Å². The molecule has 3 rings (SSSR count). The third-order valence-electron chi connectivity index (χ3n) is 5.56. The smallest absolute Gasteiger partial charge is 0.316 e. The quantitative estimate of drug-likeness (QED) is 0.537. The van der Waals surface area contributed by atoms with Crippen LogP contribution in [0, 0.1) is 18.8 Å². The summed E-state index contributed by atoms with van der Waals surface area (Å²) in [7, 11) is 0. The minimum atomic E-state index is -0.935. The largest absolute Gasteiger partial charge is 0.348 e. The lowest BCUT2D eigenvalue weighted by molar-refractivity contribution is 0.0952. The number of nitrogens with one attached hydrogen (secondary N) is 2. The van der Waals surface area contributed by atoms with Crippen LogP contribution >= 0.6 is 0 Å². The number of carbonyl (C=O) groups is 2. The molecule has 0 radical (unpaired) electrons. The predicted octanol–water partition coefficient (Wildman–Crippen LogP) is 4.32. The summed E-state index contributed by atoms with van der Waals surface area (Å²) < 4.78 is 1.95. The molecule has 0 fully saturated rings. The molecule has 2 N–H and O–H groups in total. The molecule has 0 bridgehead atoms. The van der Waals surface area contributed by atoms with Crippen LogP contribution in [0.25, 0.3) is 10.9 Å². The van der Waals surface area contributed by atoms with E-state index in [1.54, 1.807) is 6.07 Å². The van der Waals surface area contributed by atoms with E-state index in [1.807, 2.05) is 51.4 Å². The van der Waals surface area contributed by atoms with Gasteiger partial charge in [0, 0.05) is 51.7 Å². The Balaban J connectivity index is 2.06. The second-order valence-corrected chi connectivity index (χ2v) is 8.35. The summed E-state index contributed by atoms with van der Waals surface area (Å²) in [6.45, 7) is 9.78. The van der Waals surface area contributed by atoms with Crippen LogP contribution in [0.3, 0.4) is 0 Å². The van der Waals surface area contributed by atoms with E-state index in [4.69, 9.17) is 0 Å². The minimum absolute atomic E-state index is 0.0532. The van der Waals surface area contributed by atoms with Gasteiger partial charge in [-0.15, -0.1) is 4.91 Å². The molecular formula is C24H28N4O4. The maximum absolute atomic E-state index is 13.2. The molecule has 2 heterocycles. The zero-order valence-corrected chi connectivity index (χ0v) is 19.0. The molecule has 0 aliphatic heterocycles. The zero-order chi connectivity index (χ0) is 23.6. The van der Waals surface area contributed by atoms with Gasteiger partial charge in [-0.3, -0.25) is 14.4 Å². The van der Waals surface area contributed by atoms with Crippen molar-refractivity contribution in [2.75, 3.05) is 0 Å². The van der Waals surface area contributed by atoms with Gasteiger partial charge in [0.25, 0.3) is 11.5 Å². The Kier molecular flexibility index (Phi) is 6.72. The zero-order valence-electron chi connectivity index (χ0n) is 19.0. The Morgan fingerprint density at radius 1 is 1.19 bits per heavy atom. The number of H-pyrrole nitrogens is 1. The molecule has 8 nitrogen and oxygen atoms in total. The Morgan fingerprint density at radius 2 is 1.91 bits per heavy atom. The Morgan fingerprint density at radius 3 is 2.53 bits per heavy atom. The summed E-state index contributed by atoms with van der Waals surface area (Å²) in [6, 6.07) is 4.99. The number of rotatable bonds is 7. The number of fused-ring (bicyclic) bond motifs is 1. The summed E-state index contributed by atoms with van der Waals surface area (Å²) in [6.07, 6.45) is 3.51. The molecular weight excluding hydrogens is 408 g/mol. The van der Waals surface area contributed by atoms with Crippen LogP contribution in [0.2, 0.25) is 0 Å². The SMILES string of the molecule is CCCc1cc(C)[nH]c(=O)c1CNC(=O)c1cc(C(=O)N=O)cc2c1c(C)cn2C(C)C. The van der Waals surface area contributed by atoms with E-state index in [-0.39, 0.29) is 29.3 Å². The lowest BCUT2D eigenvalue weighted by Gasteiger charge is -2.13. The van der Waals surface area contributed by atoms with Crippen LogP contribution in [0.5, 0.6) is 0 Å². The number of nitrogens with zero attached hydrogens (tertiary/aromatic N) is 2. The van der Waals surface area contributed by atoms with Gasteiger partial charge in [0.1, 0.15) is 0 Å². The Labute approximate surface area is 186 Å². The van der Waals surface area contributed by atoms with Crippen molar-refractivity contribution in [3.8, 4) is 0 Å². The van der Waals surface area contributed by atoms with Gasteiger partial charge in [-0.25, -0.2) is 0 Å². The maximum Gasteiger partial charge on any atom is 0.316 e. The lowest BCUT2D eigenvalue weighted by atomic mass is 10.0. The number of aromatic amines is 1. The van der Waals surface area contributed by atoms with Crippen LogP contribution in [-0.2, 0) is 13.0 Å². The maximum atomic E-state index is 13.2. The monoisotopic (exact) mass is 436 g/mol. The lowest BCUT2D eigenvalue weighted by Crippen LogP contribution is -2.28. The van der Waals surface area contributed by atoms with Crippen molar-refractivity contribution in [1.29, 1.82) is 0 Å². The van der Waals surface area contributed by atoms with Crippen molar-refractivity contribution in [3.63, 3.8) is 0 Å².